The fourth-order valence-corrected chi connectivity index (χ4v) is 5.87. The number of piperazine rings is 2. The summed E-state index contributed by atoms with van der Waals surface area (Å²) in [6.07, 6.45) is 5.58. The van der Waals surface area contributed by atoms with E-state index in [2.05, 4.69) is 0 Å². The van der Waals surface area contributed by atoms with E-state index in [1.165, 1.54) is 62.4 Å². The smallest absolute Gasteiger partial charge is 0.283 e. The van der Waals surface area contributed by atoms with Gasteiger partial charge in [0.25, 0.3) is 11.4 Å². The van der Waals surface area contributed by atoms with Gasteiger partial charge in [-0.2, -0.15) is 0 Å². The van der Waals surface area contributed by atoms with Gasteiger partial charge in [-0.1, -0.05) is 23.9 Å². The lowest BCUT2D eigenvalue weighted by Crippen LogP contribution is -2.49. The zero-order valence-corrected chi connectivity index (χ0v) is 25.6. The molecule has 4 rings (SSSR count). The Hall–Kier alpha value is -5.05. The molecule has 4 amide bonds. The highest BCUT2D eigenvalue weighted by Crippen LogP contribution is 2.40. The molecule has 0 spiro atoms. The van der Waals surface area contributed by atoms with E-state index in [0.717, 1.165) is 11.8 Å². The van der Waals surface area contributed by atoms with Crippen LogP contribution in [0.3, 0.4) is 0 Å². The first kappa shape index (κ1) is 32.9. The lowest BCUT2D eigenvalue weighted by atomic mass is 10.2. The second-order valence-corrected chi connectivity index (χ2v) is 11.5. The van der Waals surface area contributed by atoms with Gasteiger partial charge in [-0.05, 0) is 35.4 Å². The van der Waals surface area contributed by atoms with Crippen molar-refractivity contribution in [3.63, 3.8) is 0 Å². The highest BCUT2D eigenvalue weighted by Gasteiger charge is 2.24. The first-order valence-electron chi connectivity index (χ1n) is 14.1. The fourth-order valence-electron chi connectivity index (χ4n) is 4.88. The second-order valence-electron chi connectivity index (χ2n) is 10.4. The van der Waals surface area contributed by atoms with E-state index in [1.807, 2.05) is 0 Å². The summed E-state index contributed by atoms with van der Waals surface area (Å²) in [5.74, 6) is -0.654. The lowest BCUT2D eigenvalue weighted by molar-refractivity contribution is -0.388. The van der Waals surface area contributed by atoms with Crippen LogP contribution >= 0.6 is 11.8 Å². The number of hydrogen-bond acceptors (Lipinski definition) is 9. The third-order valence-corrected chi connectivity index (χ3v) is 8.62. The van der Waals surface area contributed by atoms with Crippen LogP contribution < -0.4 is 0 Å². The Morgan fingerprint density at radius 3 is 1.27 bits per heavy atom. The molecule has 2 aliphatic rings. The maximum Gasteiger partial charge on any atom is 0.283 e. The van der Waals surface area contributed by atoms with Crippen molar-refractivity contribution in [2.45, 2.75) is 23.6 Å². The summed E-state index contributed by atoms with van der Waals surface area (Å²) in [6.45, 7) is 6.27. The van der Waals surface area contributed by atoms with Crippen molar-refractivity contribution in [3.8, 4) is 0 Å². The Balaban J connectivity index is 1.45. The number of hydrogen-bond donors (Lipinski definition) is 0. The molecule has 2 heterocycles. The van der Waals surface area contributed by atoms with E-state index >= 15 is 0 Å². The first-order chi connectivity index (χ1) is 21.4. The third kappa shape index (κ3) is 8.53. The molecule has 0 radical (unpaired) electrons. The minimum atomic E-state index is -0.590. The molecular weight excluding hydrogens is 604 g/mol. The monoisotopic (exact) mass is 636 g/mol. The number of carbonyl (C=O) groups is 4. The standard InChI is InChI=1S/C30H32N6O8S/c1-21(37)31-11-15-33(16-12-31)29(39)9-5-23-3-7-27(25(19-23)35(41)42)45-28-8-4-24(20-26(28)36(43)44)6-10-30(40)34-17-13-32(14-18-34)22(2)38/h3-10,19-20H,11-18H2,1-2H3/b9-5-,10-6-. The van der Waals surface area contributed by atoms with Crippen molar-refractivity contribution in [2.75, 3.05) is 52.4 Å². The summed E-state index contributed by atoms with van der Waals surface area (Å²) in [5, 5.41) is 23.8. The number of rotatable bonds is 8. The summed E-state index contributed by atoms with van der Waals surface area (Å²) < 4.78 is 0. The van der Waals surface area contributed by atoms with E-state index < -0.39 is 9.85 Å². The van der Waals surface area contributed by atoms with E-state index in [1.54, 1.807) is 31.7 Å². The van der Waals surface area contributed by atoms with Crippen molar-refractivity contribution in [1.29, 1.82) is 0 Å². The quantitative estimate of drug-likeness (QED) is 0.240. The van der Waals surface area contributed by atoms with Crippen molar-refractivity contribution < 1.29 is 29.0 Å². The highest BCUT2D eigenvalue weighted by molar-refractivity contribution is 7.99. The Morgan fingerprint density at radius 2 is 0.956 bits per heavy atom. The summed E-state index contributed by atoms with van der Waals surface area (Å²) >= 11 is 0.868. The lowest BCUT2D eigenvalue weighted by Gasteiger charge is -2.33. The summed E-state index contributed by atoms with van der Waals surface area (Å²) in [5.41, 5.74) is 0.255. The van der Waals surface area contributed by atoms with Gasteiger partial charge in [0.15, 0.2) is 0 Å². The zero-order valence-electron chi connectivity index (χ0n) is 24.8. The van der Waals surface area contributed by atoms with Gasteiger partial charge in [-0.3, -0.25) is 39.4 Å². The largest absolute Gasteiger partial charge is 0.339 e. The van der Waals surface area contributed by atoms with Crippen LogP contribution in [-0.4, -0.2) is 105 Å². The molecule has 14 nitrogen and oxygen atoms in total. The maximum absolute atomic E-state index is 12.6. The molecule has 2 fully saturated rings. The van der Waals surface area contributed by atoms with E-state index in [4.69, 9.17) is 0 Å². The number of carbonyl (C=O) groups excluding carboxylic acids is 4. The van der Waals surface area contributed by atoms with Crippen LogP contribution in [0.5, 0.6) is 0 Å². The van der Waals surface area contributed by atoms with Gasteiger partial charge in [0.1, 0.15) is 0 Å². The van der Waals surface area contributed by atoms with Crippen LogP contribution in [0.15, 0.2) is 58.3 Å². The molecule has 45 heavy (non-hydrogen) atoms. The van der Waals surface area contributed by atoms with Gasteiger partial charge in [0, 0.05) is 90.5 Å². The zero-order chi connectivity index (χ0) is 32.7. The molecule has 0 aromatic heterocycles. The van der Waals surface area contributed by atoms with Gasteiger partial charge in [-0.25, -0.2) is 0 Å². The summed E-state index contributed by atoms with van der Waals surface area (Å²) in [6, 6.07) is 8.70. The second kappa shape index (κ2) is 14.6. The normalized spacial score (nSPS) is 15.5. The van der Waals surface area contributed by atoms with Crippen LogP contribution in [0.2, 0.25) is 0 Å². The molecule has 0 saturated carbocycles. The number of benzene rings is 2. The molecular formula is C30H32N6O8S. The number of nitro groups is 2. The van der Waals surface area contributed by atoms with Gasteiger partial charge >= 0.3 is 0 Å². The van der Waals surface area contributed by atoms with Gasteiger partial charge < -0.3 is 19.6 Å². The van der Waals surface area contributed by atoms with Crippen LogP contribution in [0.1, 0.15) is 25.0 Å². The average Bonchev–Trinajstić information content (AvgIpc) is 3.03. The molecule has 2 saturated heterocycles. The van der Waals surface area contributed by atoms with Crippen LogP contribution in [0.25, 0.3) is 12.2 Å². The molecule has 0 N–H and O–H groups in total. The molecule has 0 unspecified atom stereocenters. The molecule has 15 heteroatoms. The van der Waals surface area contributed by atoms with Crippen LogP contribution in [0.4, 0.5) is 11.4 Å². The van der Waals surface area contributed by atoms with E-state index in [0.29, 0.717) is 63.5 Å². The molecule has 236 valence electrons. The molecule has 2 aliphatic heterocycles. The van der Waals surface area contributed by atoms with Gasteiger partial charge in [0.05, 0.1) is 19.6 Å². The minimum absolute atomic E-state index is 0.0502. The Kier molecular flexibility index (Phi) is 10.7. The maximum atomic E-state index is 12.6. The topological polar surface area (TPSA) is 168 Å². The van der Waals surface area contributed by atoms with Crippen molar-refractivity contribution in [1.82, 2.24) is 19.6 Å². The number of nitrogens with zero attached hydrogens (tertiary/aromatic N) is 6. The predicted molar refractivity (Wildman–Crippen MR) is 166 cm³/mol. The van der Waals surface area contributed by atoms with Crippen molar-refractivity contribution in [2.24, 2.45) is 0 Å². The fraction of sp³-hybridized carbons (Fsp3) is 0.333. The van der Waals surface area contributed by atoms with Crippen molar-refractivity contribution in [3.05, 3.63) is 79.9 Å². The minimum Gasteiger partial charge on any atom is -0.339 e. The molecule has 2 aromatic rings. The molecule has 0 atom stereocenters. The third-order valence-electron chi connectivity index (χ3n) is 7.49. The highest BCUT2D eigenvalue weighted by atomic mass is 32.2. The Morgan fingerprint density at radius 1 is 0.622 bits per heavy atom. The summed E-state index contributed by atoms with van der Waals surface area (Å²) in [7, 11) is 0. The van der Waals surface area contributed by atoms with Gasteiger partial charge in [0.2, 0.25) is 23.6 Å². The van der Waals surface area contributed by atoms with Crippen LogP contribution in [0, 0.1) is 20.2 Å². The summed E-state index contributed by atoms with van der Waals surface area (Å²) in [4.78, 5) is 77.7. The number of amides is 4. The molecule has 2 aromatic carbocycles. The number of nitro benzene ring substituents is 2. The molecule has 0 bridgehead atoms. The predicted octanol–water partition coefficient (Wildman–Crippen LogP) is 3.06. The van der Waals surface area contributed by atoms with E-state index in [-0.39, 0.29) is 44.8 Å². The van der Waals surface area contributed by atoms with Crippen LogP contribution in [-0.2, 0) is 19.2 Å². The first-order valence-corrected chi connectivity index (χ1v) is 14.9. The Bertz CT molecular complexity index is 1460. The SMILES string of the molecule is CC(=O)N1CCN(C(=O)/C=C\c2ccc(Sc3ccc(/C=C\C(=O)N4CCN(C(C)=O)CC4)cc3[N+](=O)[O-])c([N+](=O)[O-])c2)CC1. The average molecular weight is 637 g/mol. The molecule has 0 aliphatic carbocycles. The van der Waals surface area contributed by atoms with E-state index in [9.17, 15) is 39.4 Å². The van der Waals surface area contributed by atoms with Gasteiger partial charge in [-0.15, -0.1) is 0 Å². The Labute approximate surface area is 263 Å². The van der Waals surface area contributed by atoms with Crippen molar-refractivity contribution >= 4 is 58.9 Å².